The third-order valence-electron chi connectivity index (χ3n) is 4.03. The largest absolute Gasteiger partial charge is 0.325 e. The van der Waals surface area contributed by atoms with Gasteiger partial charge in [0.2, 0.25) is 5.91 Å². The molecule has 1 amide bonds. The van der Waals surface area contributed by atoms with E-state index in [-0.39, 0.29) is 11.9 Å². The van der Waals surface area contributed by atoms with E-state index < -0.39 is 0 Å². The summed E-state index contributed by atoms with van der Waals surface area (Å²) in [6.07, 6.45) is 2.31. The molecule has 0 spiro atoms. The number of benzene rings is 1. The lowest BCUT2D eigenvalue weighted by atomic mass is 10.2. The van der Waals surface area contributed by atoms with Crippen molar-refractivity contribution in [3.63, 3.8) is 0 Å². The summed E-state index contributed by atoms with van der Waals surface area (Å²) in [4.78, 5) is 14.7. The van der Waals surface area contributed by atoms with Crippen molar-refractivity contribution in [2.75, 3.05) is 5.32 Å². The smallest absolute Gasteiger partial charge is 0.241 e. The number of halogens is 2. The van der Waals surface area contributed by atoms with Crippen molar-refractivity contribution in [3.05, 3.63) is 27.7 Å². The highest BCUT2D eigenvalue weighted by Crippen LogP contribution is 2.28. The predicted octanol–water partition coefficient (Wildman–Crippen LogP) is 4.30. The van der Waals surface area contributed by atoms with E-state index in [0.29, 0.717) is 17.1 Å². The Morgan fingerprint density at radius 3 is 2.55 bits per heavy atom. The molecule has 0 saturated carbocycles. The number of nitrogens with one attached hydrogen (secondary N) is 1. The van der Waals surface area contributed by atoms with Gasteiger partial charge in [-0.1, -0.05) is 11.6 Å². The van der Waals surface area contributed by atoms with Gasteiger partial charge in [-0.15, -0.1) is 0 Å². The molecule has 20 heavy (non-hydrogen) atoms. The predicted molar refractivity (Wildman–Crippen MR) is 87.2 cm³/mol. The molecule has 0 bridgehead atoms. The summed E-state index contributed by atoms with van der Waals surface area (Å²) >= 11 is 9.38. The van der Waals surface area contributed by atoms with E-state index in [4.69, 9.17) is 11.6 Å². The van der Waals surface area contributed by atoms with Crippen LogP contribution < -0.4 is 5.32 Å². The summed E-state index contributed by atoms with van der Waals surface area (Å²) in [5.74, 6) is 0.0176. The first-order valence-corrected chi connectivity index (χ1v) is 8.10. The fourth-order valence-electron chi connectivity index (χ4n) is 2.93. The number of anilines is 1. The standard InChI is InChI=1S/C15H20BrClN2O/c1-9-4-5-10(2)19(9)11(3)15(20)18-12-6-7-13(16)14(17)8-12/h6-11H,4-5H2,1-3H3,(H,18,20). The van der Waals surface area contributed by atoms with Crippen molar-refractivity contribution < 1.29 is 4.79 Å². The number of hydrogen-bond acceptors (Lipinski definition) is 2. The van der Waals surface area contributed by atoms with Crippen LogP contribution in [0.15, 0.2) is 22.7 Å². The van der Waals surface area contributed by atoms with Gasteiger partial charge < -0.3 is 5.32 Å². The molecule has 110 valence electrons. The highest BCUT2D eigenvalue weighted by Gasteiger charge is 2.34. The first kappa shape index (κ1) is 15.8. The molecule has 1 saturated heterocycles. The van der Waals surface area contributed by atoms with E-state index in [0.717, 1.165) is 23.0 Å². The maximum atomic E-state index is 12.4. The van der Waals surface area contributed by atoms with E-state index in [2.05, 4.69) is 40.0 Å². The highest BCUT2D eigenvalue weighted by atomic mass is 79.9. The molecule has 1 heterocycles. The fraction of sp³-hybridized carbons (Fsp3) is 0.533. The second-order valence-electron chi connectivity index (χ2n) is 5.52. The van der Waals surface area contributed by atoms with E-state index in [1.165, 1.54) is 0 Å². The van der Waals surface area contributed by atoms with Gasteiger partial charge in [-0.2, -0.15) is 0 Å². The molecule has 1 aromatic carbocycles. The summed E-state index contributed by atoms with van der Waals surface area (Å²) in [6, 6.07) is 6.22. The molecule has 1 N–H and O–H groups in total. The van der Waals surface area contributed by atoms with E-state index in [1.807, 2.05) is 19.1 Å². The molecule has 1 aromatic rings. The molecule has 2 rings (SSSR count). The van der Waals surface area contributed by atoms with Crippen LogP contribution in [0.3, 0.4) is 0 Å². The van der Waals surface area contributed by atoms with E-state index in [1.54, 1.807) is 6.07 Å². The lowest BCUT2D eigenvalue weighted by molar-refractivity contribution is -0.121. The lowest BCUT2D eigenvalue weighted by Crippen LogP contribution is -2.46. The molecule has 0 aromatic heterocycles. The zero-order chi connectivity index (χ0) is 14.9. The Kier molecular flexibility index (Phi) is 5.10. The minimum absolute atomic E-state index is 0.0176. The lowest BCUT2D eigenvalue weighted by Gasteiger charge is -2.31. The summed E-state index contributed by atoms with van der Waals surface area (Å²) < 4.78 is 0.826. The Morgan fingerprint density at radius 1 is 1.40 bits per heavy atom. The second-order valence-corrected chi connectivity index (χ2v) is 6.78. The van der Waals surface area contributed by atoms with Crippen LogP contribution in [0.4, 0.5) is 5.69 Å². The number of carbonyl (C=O) groups is 1. The molecule has 3 atom stereocenters. The Morgan fingerprint density at radius 2 is 2.00 bits per heavy atom. The van der Waals surface area contributed by atoms with Gasteiger partial charge >= 0.3 is 0 Å². The maximum Gasteiger partial charge on any atom is 0.241 e. The first-order chi connectivity index (χ1) is 9.40. The van der Waals surface area contributed by atoms with Crippen molar-refractivity contribution in [2.24, 2.45) is 0 Å². The van der Waals surface area contributed by atoms with Crippen LogP contribution in [0.2, 0.25) is 5.02 Å². The van der Waals surface area contributed by atoms with Gasteiger partial charge in [0.1, 0.15) is 0 Å². The van der Waals surface area contributed by atoms with Crippen molar-refractivity contribution in [2.45, 2.75) is 51.7 Å². The number of likely N-dealkylation sites (tertiary alicyclic amines) is 1. The SMILES string of the molecule is CC1CCC(C)N1C(C)C(=O)Nc1ccc(Br)c(Cl)c1. The highest BCUT2D eigenvalue weighted by molar-refractivity contribution is 9.10. The molecular weight excluding hydrogens is 340 g/mol. The summed E-state index contributed by atoms with van der Waals surface area (Å²) in [7, 11) is 0. The molecule has 1 aliphatic rings. The van der Waals surface area contributed by atoms with Crippen LogP contribution in [0.5, 0.6) is 0 Å². The number of rotatable bonds is 3. The van der Waals surface area contributed by atoms with Gasteiger partial charge in [-0.25, -0.2) is 0 Å². The Labute approximate surface area is 133 Å². The van der Waals surface area contributed by atoms with Crippen LogP contribution in [0.25, 0.3) is 0 Å². The van der Waals surface area contributed by atoms with Crippen LogP contribution in [-0.4, -0.2) is 28.9 Å². The maximum absolute atomic E-state index is 12.4. The first-order valence-electron chi connectivity index (χ1n) is 6.93. The Balaban J connectivity index is 2.05. The molecule has 0 radical (unpaired) electrons. The monoisotopic (exact) mass is 358 g/mol. The van der Waals surface area contributed by atoms with Crippen LogP contribution in [0, 0.1) is 0 Å². The summed E-state index contributed by atoms with van der Waals surface area (Å²) in [5, 5.41) is 3.54. The molecular formula is C15H20BrClN2O. The molecule has 5 heteroatoms. The molecule has 1 aliphatic heterocycles. The molecule has 1 fully saturated rings. The summed E-state index contributed by atoms with van der Waals surface area (Å²) in [6.45, 7) is 6.33. The zero-order valence-corrected chi connectivity index (χ0v) is 14.3. The Bertz CT molecular complexity index is 499. The average Bonchev–Trinajstić information content (AvgIpc) is 2.72. The minimum Gasteiger partial charge on any atom is -0.325 e. The number of carbonyl (C=O) groups excluding carboxylic acids is 1. The fourth-order valence-corrected chi connectivity index (χ4v) is 3.36. The normalized spacial score (nSPS) is 24.6. The van der Waals surface area contributed by atoms with Gasteiger partial charge in [0, 0.05) is 22.2 Å². The van der Waals surface area contributed by atoms with Crippen LogP contribution in [0.1, 0.15) is 33.6 Å². The zero-order valence-electron chi connectivity index (χ0n) is 12.0. The topological polar surface area (TPSA) is 32.3 Å². The minimum atomic E-state index is -0.134. The van der Waals surface area contributed by atoms with Gasteiger partial charge in [-0.05, 0) is 67.7 Å². The molecule has 0 aliphatic carbocycles. The van der Waals surface area contributed by atoms with Crippen molar-refractivity contribution >= 4 is 39.1 Å². The van der Waals surface area contributed by atoms with Crippen LogP contribution in [-0.2, 0) is 4.79 Å². The summed E-state index contributed by atoms with van der Waals surface area (Å²) in [5.41, 5.74) is 0.731. The van der Waals surface area contributed by atoms with E-state index >= 15 is 0 Å². The van der Waals surface area contributed by atoms with Gasteiger partial charge in [-0.3, -0.25) is 9.69 Å². The third kappa shape index (κ3) is 3.35. The Hall–Kier alpha value is -0.580. The average molecular weight is 360 g/mol. The third-order valence-corrected chi connectivity index (χ3v) is 5.27. The quantitative estimate of drug-likeness (QED) is 0.872. The van der Waals surface area contributed by atoms with E-state index in [9.17, 15) is 4.79 Å². The van der Waals surface area contributed by atoms with Crippen LogP contribution >= 0.6 is 27.5 Å². The van der Waals surface area contributed by atoms with Gasteiger partial charge in [0.25, 0.3) is 0 Å². The van der Waals surface area contributed by atoms with Gasteiger partial charge in [0.15, 0.2) is 0 Å². The number of amides is 1. The number of hydrogen-bond donors (Lipinski definition) is 1. The van der Waals surface area contributed by atoms with Crippen molar-refractivity contribution in [3.8, 4) is 0 Å². The van der Waals surface area contributed by atoms with Crippen molar-refractivity contribution in [1.29, 1.82) is 0 Å². The number of nitrogens with zero attached hydrogens (tertiary/aromatic N) is 1. The molecule has 3 unspecified atom stereocenters. The van der Waals surface area contributed by atoms with Crippen molar-refractivity contribution in [1.82, 2.24) is 4.90 Å². The molecule has 3 nitrogen and oxygen atoms in total. The van der Waals surface area contributed by atoms with Gasteiger partial charge in [0.05, 0.1) is 11.1 Å². The second kappa shape index (κ2) is 6.46.